The van der Waals surface area contributed by atoms with E-state index in [4.69, 9.17) is 19.8 Å². The van der Waals surface area contributed by atoms with Gasteiger partial charge in [-0.05, 0) is 43.0 Å². The molecule has 0 saturated carbocycles. The first kappa shape index (κ1) is 41.7. The van der Waals surface area contributed by atoms with Crippen molar-refractivity contribution in [3.05, 3.63) is 54.1 Å². The number of carbonyl (C=O) groups is 8. The minimum absolute atomic E-state index is 0.0184. The van der Waals surface area contributed by atoms with Crippen LogP contribution in [-0.4, -0.2) is 127 Å². The highest BCUT2D eigenvalue weighted by atomic mass is 32.2. The Morgan fingerprint density at radius 1 is 1.08 bits per heavy atom. The zero-order chi connectivity index (χ0) is 39.3. The monoisotopic (exact) mass is 763 g/mol. The van der Waals surface area contributed by atoms with Crippen LogP contribution in [0, 0.1) is 0 Å². The number of benzene rings is 1. The van der Waals surface area contributed by atoms with Gasteiger partial charge in [-0.3, -0.25) is 43.0 Å². The van der Waals surface area contributed by atoms with E-state index in [2.05, 4.69) is 27.8 Å². The second-order valence-electron chi connectivity index (χ2n) is 12.0. The average Bonchev–Trinajstić information content (AvgIpc) is 3.57. The van der Waals surface area contributed by atoms with Crippen LogP contribution in [0.2, 0.25) is 0 Å². The van der Waals surface area contributed by atoms with E-state index in [0.29, 0.717) is 17.7 Å². The highest BCUT2D eigenvalue weighted by Crippen LogP contribution is 2.26. The number of rotatable bonds is 21. The summed E-state index contributed by atoms with van der Waals surface area (Å²) in [6.07, 6.45) is 2.05. The molecule has 1 aromatic carbocycles. The first-order valence-electron chi connectivity index (χ1n) is 16.1. The van der Waals surface area contributed by atoms with Gasteiger partial charge in [0, 0.05) is 30.8 Å². The average molecular weight is 764 g/mol. The fourth-order valence-electron chi connectivity index (χ4n) is 5.40. The van der Waals surface area contributed by atoms with Gasteiger partial charge >= 0.3 is 6.03 Å². The van der Waals surface area contributed by atoms with E-state index in [1.165, 1.54) is 6.92 Å². The molecule has 1 aromatic rings. The largest absolute Gasteiger partial charge is 0.463 e. The second kappa shape index (κ2) is 19.2. The number of ether oxygens (including phenoxy) is 2. The summed E-state index contributed by atoms with van der Waals surface area (Å²) >= 11 is 0. The predicted molar refractivity (Wildman–Crippen MR) is 184 cm³/mol. The molecular formula is C32H41N7O13S. The summed E-state index contributed by atoms with van der Waals surface area (Å²) in [5, 5.41) is 10.1. The van der Waals surface area contributed by atoms with Gasteiger partial charge in [0.15, 0.2) is 0 Å². The standard InChI is InChI=1S/C32H41N7O13S/c1-19(2)28(30(45)36-23(4-3-11-34-32(33)47)29(44)35-21-7-5-20(6-8-21)16-52-18-40)37-25(41)15-38-22(17-51-12-13-53(48,49)50)14-24(31(38)46)39-26(42)9-10-27(39)43/h5-10,18,22-24,28H,1,3-4,11-17H2,2H3,(H,35,44)(H,36,45)(H,37,41)(H3,33,34,47)(H,48,49,50)/t22-,23-,24-,28-/m0/s1. The van der Waals surface area contributed by atoms with Crippen molar-refractivity contribution >= 4 is 63.8 Å². The van der Waals surface area contributed by atoms with Gasteiger partial charge < -0.3 is 41.4 Å². The summed E-state index contributed by atoms with van der Waals surface area (Å²) in [7, 11) is -4.36. The van der Waals surface area contributed by atoms with E-state index >= 15 is 0 Å². The van der Waals surface area contributed by atoms with Gasteiger partial charge in [0.2, 0.25) is 23.6 Å². The SMILES string of the molecule is C=C(C)[C@H](NC(=O)CN1C(=O)[C@@H](N2C(=O)C=CC2=O)C[C@H]1COCCS(=O)(=O)O)C(=O)N[C@@H](CCCNC(N)=O)C(=O)Nc1ccc(COC=O)cc1. The van der Waals surface area contributed by atoms with E-state index in [1.807, 2.05) is 0 Å². The van der Waals surface area contributed by atoms with Crippen LogP contribution in [0.4, 0.5) is 10.5 Å². The molecule has 0 unspecified atom stereocenters. The van der Waals surface area contributed by atoms with E-state index in [0.717, 1.165) is 22.0 Å². The van der Waals surface area contributed by atoms with Gasteiger partial charge in [-0.1, -0.05) is 18.7 Å². The van der Waals surface area contributed by atoms with Crippen LogP contribution < -0.4 is 27.0 Å². The molecule has 3 rings (SSSR count). The number of nitrogens with zero attached hydrogens (tertiary/aromatic N) is 2. The Kier molecular flexibility index (Phi) is 15.2. The van der Waals surface area contributed by atoms with Crippen LogP contribution in [0.3, 0.4) is 0 Å². The highest BCUT2D eigenvalue weighted by Gasteiger charge is 2.47. The quantitative estimate of drug-likeness (QED) is 0.0262. The van der Waals surface area contributed by atoms with Crippen LogP contribution in [0.5, 0.6) is 0 Å². The van der Waals surface area contributed by atoms with Crippen LogP contribution >= 0.6 is 0 Å². The fraction of sp³-hybridized carbons (Fsp3) is 0.438. The Labute approximate surface area is 304 Å². The molecule has 4 atom stereocenters. The molecule has 2 aliphatic rings. The molecule has 288 valence electrons. The lowest BCUT2D eigenvalue weighted by Gasteiger charge is -2.27. The van der Waals surface area contributed by atoms with Crippen molar-refractivity contribution in [1.82, 2.24) is 25.8 Å². The minimum Gasteiger partial charge on any atom is -0.463 e. The maximum atomic E-state index is 13.5. The molecule has 2 heterocycles. The molecular weight excluding hydrogens is 722 g/mol. The third-order valence-corrected chi connectivity index (χ3v) is 8.65. The van der Waals surface area contributed by atoms with E-state index in [1.54, 1.807) is 24.3 Å². The number of carbonyl (C=O) groups excluding carboxylic acids is 8. The van der Waals surface area contributed by atoms with Crippen LogP contribution in [0.15, 0.2) is 48.6 Å². The molecule has 0 bridgehead atoms. The molecule has 0 radical (unpaired) electrons. The molecule has 8 amide bonds. The lowest BCUT2D eigenvalue weighted by atomic mass is 10.1. The summed E-state index contributed by atoms with van der Waals surface area (Å²) in [4.78, 5) is 102. The Morgan fingerprint density at radius 2 is 1.74 bits per heavy atom. The van der Waals surface area contributed by atoms with Gasteiger partial charge in [0.1, 0.15) is 24.7 Å². The lowest BCUT2D eigenvalue weighted by molar-refractivity contribution is -0.147. The van der Waals surface area contributed by atoms with Crippen molar-refractivity contribution in [2.75, 3.05) is 37.4 Å². The predicted octanol–water partition coefficient (Wildman–Crippen LogP) is -1.91. The first-order valence-corrected chi connectivity index (χ1v) is 17.7. The Bertz CT molecular complexity index is 1710. The molecule has 0 aromatic heterocycles. The summed E-state index contributed by atoms with van der Waals surface area (Å²) in [6, 6.07) is 0.706. The fourth-order valence-corrected chi connectivity index (χ4v) is 5.73. The molecule has 2 aliphatic heterocycles. The van der Waals surface area contributed by atoms with Crippen molar-refractivity contribution < 1.29 is 60.8 Å². The molecule has 1 saturated heterocycles. The molecule has 0 spiro atoms. The third kappa shape index (κ3) is 12.8. The van der Waals surface area contributed by atoms with Gasteiger partial charge in [-0.15, -0.1) is 0 Å². The number of nitrogens with one attached hydrogen (secondary N) is 4. The van der Waals surface area contributed by atoms with E-state index in [-0.39, 0.29) is 44.6 Å². The maximum Gasteiger partial charge on any atom is 0.312 e. The number of amides is 8. The topological polar surface area (TPSA) is 290 Å². The summed E-state index contributed by atoms with van der Waals surface area (Å²) in [6.45, 7) is 4.13. The first-order chi connectivity index (χ1) is 25.0. The number of primary amides is 1. The van der Waals surface area contributed by atoms with Gasteiger partial charge in [-0.2, -0.15) is 8.42 Å². The van der Waals surface area contributed by atoms with Crippen LogP contribution in [-0.2, 0) is 59.8 Å². The number of anilines is 1. The number of likely N-dealkylation sites (tertiary alicyclic amines) is 1. The summed E-state index contributed by atoms with van der Waals surface area (Å²) < 4.78 is 41.2. The van der Waals surface area contributed by atoms with Crippen molar-refractivity contribution in [3.8, 4) is 0 Å². The van der Waals surface area contributed by atoms with E-state index in [9.17, 15) is 46.8 Å². The minimum atomic E-state index is -4.36. The molecule has 0 aliphatic carbocycles. The summed E-state index contributed by atoms with van der Waals surface area (Å²) in [5.41, 5.74) is 6.26. The molecule has 53 heavy (non-hydrogen) atoms. The second-order valence-corrected chi connectivity index (χ2v) is 13.6. The Morgan fingerprint density at radius 3 is 2.32 bits per heavy atom. The molecule has 20 nitrogen and oxygen atoms in total. The number of nitrogens with two attached hydrogens (primary N) is 1. The molecule has 1 fully saturated rings. The number of hydrogen-bond acceptors (Lipinski definition) is 12. The normalized spacial score (nSPS) is 18.0. The maximum absolute atomic E-state index is 13.5. The lowest BCUT2D eigenvalue weighted by Crippen LogP contribution is -2.55. The van der Waals surface area contributed by atoms with Gasteiger partial charge in [-0.25, -0.2) is 4.79 Å². The van der Waals surface area contributed by atoms with Crippen LogP contribution in [0.1, 0.15) is 31.7 Å². The zero-order valence-corrected chi connectivity index (χ0v) is 29.5. The molecule has 7 N–H and O–H groups in total. The van der Waals surface area contributed by atoms with Crippen molar-refractivity contribution in [1.29, 1.82) is 0 Å². The van der Waals surface area contributed by atoms with Gasteiger partial charge in [0.05, 0.1) is 31.6 Å². The van der Waals surface area contributed by atoms with Crippen molar-refractivity contribution in [2.45, 2.75) is 57.0 Å². The van der Waals surface area contributed by atoms with Crippen molar-refractivity contribution in [2.24, 2.45) is 5.73 Å². The smallest absolute Gasteiger partial charge is 0.312 e. The summed E-state index contributed by atoms with van der Waals surface area (Å²) in [5.74, 6) is -5.36. The number of urea groups is 1. The molecule has 21 heteroatoms. The number of hydrogen-bond donors (Lipinski definition) is 6. The number of imide groups is 1. The highest BCUT2D eigenvalue weighted by molar-refractivity contribution is 7.85. The third-order valence-electron chi connectivity index (χ3n) is 7.97. The Balaban J connectivity index is 1.73. The van der Waals surface area contributed by atoms with Crippen molar-refractivity contribution in [3.63, 3.8) is 0 Å². The van der Waals surface area contributed by atoms with Crippen LogP contribution in [0.25, 0.3) is 0 Å². The Hall–Kier alpha value is -5.67. The van der Waals surface area contributed by atoms with Gasteiger partial charge in [0.25, 0.3) is 28.4 Å². The van der Waals surface area contributed by atoms with E-state index < -0.39 is 94.7 Å². The zero-order valence-electron chi connectivity index (χ0n) is 28.6.